The topological polar surface area (TPSA) is 69.0 Å². The highest BCUT2D eigenvalue weighted by Crippen LogP contribution is 2.38. The second-order valence-electron chi connectivity index (χ2n) is 9.41. The fourth-order valence-corrected chi connectivity index (χ4v) is 5.56. The summed E-state index contributed by atoms with van der Waals surface area (Å²) in [7, 11) is 6.29. The van der Waals surface area contributed by atoms with E-state index in [1.54, 1.807) is 55.3 Å². The van der Waals surface area contributed by atoms with Crippen LogP contribution in [-0.2, 0) is 5.75 Å². The van der Waals surface area contributed by atoms with E-state index in [4.69, 9.17) is 14.2 Å². The number of nitrogens with zero attached hydrogens (tertiary/aromatic N) is 3. The molecule has 5 aromatic rings. The van der Waals surface area contributed by atoms with Gasteiger partial charge in [0.1, 0.15) is 23.2 Å². The number of benzene rings is 4. The molecule has 1 N–H and O–H groups in total. The number of methoxy groups -OCH3 is 3. The van der Waals surface area contributed by atoms with E-state index in [1.165, 1.54) is 43.5 Å². The van der Waals surface area contributed by atoms with Gasteiger partial charge in [-0.2, -0.15) is 0 Å². The first-order valence-corrected chi connectivity index (χ1v) is 14.0. The number of thioether (sulfide) groups is 1. The Kier molecular flexibility index (Phi) is 8.72. The highest BCUT2D eigenvalue weighted by Gasteiger charge is 2.21. The maximum atomic E-state index is 15.2. The van der Waals surface area contributed by atoms with Gasteiger partial charge in [-0.1, -0.05) is 23.9 Å². The first-order valence-electron chi connectivity index (χ1n) is 13.0. The number of phenols is 1. The molecule has 0 fully saturated rings. The van der Waals surface area contributed by atoms with Crippen molar-refractivity contribution in [2.24, 2.45) is 0 Å². The number of anilines is 2. The van der Waals surface area contributed by atoms with Crippen LogP contribution in [0.25, 0.3) is 16.8 Å². The minimum absolute atomic E-state index is 0.0313. The van der Waals surface area contributed by atoms with Gasteiger partial charge in [-0.25, -0.2) is 18.2 Å². The summed E-state index contributed by atoms with van der Waals surface area (Å²) in [6.07, 6.45) is 1.62. The molecule has 0 aliphatic carbocycles. The molecule has 0 atom stereocenters. The van der Waals surface area contributed by atoms with Gasteiger partial charge < -0.3 is 24.2 Å². The molecule has 43 heavy (non-hydrogen) atoms. The van der Waals surface area contributed by atoms with Crippen LogP contribution in [0.5, 0.6) is 23.0 Å². The third kappa shape index (κ3) is 6.07. The molecule has 5 rings (SSSR count). The summed E-state index contributed by atoms with van der Waals surface area (Å²) in [5.74, 6) is -0.250. The van der Waals surface area contributed by atoms with Crippen molar-refractivity contribution < 1.29 is 32.5 Å². The summed E-state index contributed by atoms with van der Waals surface area (Å²) in [6, 6.07) is 18.4. The van der Waals surface area contributed by atoms with E-state index in [2.05, 4.69) is 4.98 Å². The summed E-state index contributed by atoms with van der Waals surface area (Å²) < 4.78 is 62.5. The van der Waals surface area contributed by atoms with Gasteiger partial charge in [-0.15, -0.1) is 0 Å². The minimum Gasteiger partial charge on any atom is -0.508 e. The Morgan fingerprint density at radius 2 is 1.44 bits per heavy atom. The molecule has 0 saturated carbocycles. The molecule has 0 radical (unpaired) electrons. The first-order chi connectivity index (χ1) is 20.7. The zero-order chi connectivity index (χ0) is 30.7. The number of hydrogen-bond acceptors (Lipinski definition) is 7. The summed E-state index contributed by atoms with van der Waals surface area (Å²) >= 11 is 1.12. The molecule has 11 heteroatoms. The quantitative estimate of drug-likeness (QED) is 0.163. The van der Waals surface area contributed by atoms with Crippen molar-refractivity contribution in [1.82, 2.24) is 9.55 Å². The maximum absolute atomic E-state index is 15.2. The van der Waals surface area contributed by atoms with Crippen molar-refractivity contribution in [3.8, 4) is 39.8 Å². The Hall–Kier alpha value is -4.77. The zero-order valence-corrected chi connectivity index (χ0v) is 24.6. The molecular weight excluding hydrogens is 579 g/mol. The Balaban J connectivity index is 1.52. The number of ether oxygens (including phenoxy) is 3. The van der Waals surface area contributed by atoms with Crippen LogP contribution in [0.2, 0.25) is 0 Å². The number of imidazole rings is 1. The lowest BCUT2D eigenvalue weighted by Crippen LogP contribution is -2.14. The van der Waals surface area contributed by atoms with Crippen LogP contribution >= 0.6 is 11.8 Å². The lowest BCUT2D eigenvalue weighted by Gasteiger charge is -2.23. The normalized spacial score (nSPS) is 11.0. The second-order valence-corrected chi connectivity index (χ2v) is 10.3. The van der Waals surface area contributed by atoms with Gasteiger partial charge in [-0.05, 0) is 59.7 Å². The van der Waals surface area contributed by atoms with Gasteiger partial charge in [0.25, 0.3) is 0 Å². The van der Waals surface area contributed by atoms with E-state index in [-0.39, 0.29) is 22.8 Å². The van der Waals surface area contributed by atoms with E-state index >= 15 is 8.78 Å². The third-order valence-electron chi connectivity index (χ3n) is 6.89. The predicted octanol–water partition coefficient (Wildman–Crippen LogP) is 7.75. The van der Waals surface area contributed by atoms with Crippen molar-refractivity contribution in [2.45, 2.75) is 10.9 Å². The Morgan fingerprint density at radius 3 is 2.09 bits per heavy atom. The van der Waals surface area contributed by atoms with Crippen LogP contribution in [0.3, 0.4) is 0 Å². The highest BCUT2D eigenvalue weighted by atomic mass is 32.2. The van der Waals surface area contributed by atoms with Crippen molar-refractivity contribution >= 4 is 23.3 Å². The minimum atomic E-state index is -0.709. The van der Waals surface area contributed by atoms with Crippen LogP contribution in [0.4, 0.5) is 24.7 Å². The van der Waals surface area contributed by atoms with Gasteiger partial charge in [0.15, 0.2) is 28.2 Å². The monoisotopic (exact) mass is 607 g/mol. The smallest absolute Gasteiger partial charge is 0.174 e. The number of aromatic nitrogens is 2. The molecule has 4 aromatic carbocycles. The van der Waals surface area contributed by atoms with Crippen LogP contribution < -0.4 is 19.1 Å². The SMILES string of the molecule is COc1cc(-n2c(N(C)c3ccc(OC)c(OC)c3)cnc2SCc2c(F)cc(-c3ccc(O)cc3)cc2F)ccc1F. The first kappa shape index (κ1) is 29.7. The van der Waals surface area contributed by atoms with E-state index in [9.17, 15) is 9.50 Å². The average molecular weight is 608 g/mol. The maximum Gasteiger partial charge on any atom is 0.174 e. The Labute approximate surface area is 251 Å². The van der Waals surface area contributed by atoms with Crippen molar-refractivity contribution in [3.05, 3.63) is 102 Å². The molecule has 1 heterocycles. The summed E-state index contributed by atoms with van der Waals surface area (Å²) in [4.78, 5) is 6.42. The van der Waals surface area contributed by atoms with E-state index in [0.29, 0.717) is 39.3 Å². The molecule has 0 aliphatic rings. The Morgan fingerprint density at radius 1 is 0.767 bits per heavy atom. The zero-order valence-electron chi connectivity index (χ0n) is 23.8. The van der Waals surface area contributed by atoms with E-state index in [0.717, 1.165) is 17.4 Å². The lowest BCUT2D eigenvalue weighted by atomic mass is 10.0. The predicted molar refractivity (Wildman–Crippen MR) is 161 cm³/mol. The highest BCUT2D eigenvalue weighted by molar-refractivity contribution is 7.98. The third-order valence-corrected chi connectivity index (χ3v) is 7.87. The molecule has 222 valence electrons. The molecule has 0 aliphatic heterocycles. The van der Waals surface area contributed by atoms with Gasteiger partial charge >= 0.3 is 0 Å². The summed E-state index contributed by atoms with van der Waals surface area (Å²) in [6.45, 7) is 0. The fraction of sp³-hybridized carbons (Fsp3) is 0.156. The van der Waals surface area contributed by atoms with Gasteiger partial charge in [0.05, 0.1) is 33.2 Å². The largest absolute Gasteiger partial charge is 0.508 e. The van der Waals surface area contributed by atoms with Crippen LogP contribution in [0.15, 0.2) is 84.1 Å². The standard InChI is InChI=1S/C32H28F3N3O4S/c1-37(21-8-12-28(40-2)30(15-21)42-4)31-17-36-32(38(31)22-7-11-25(33)29(16-22)41-3)43-18-24-26(34)13-20(14-27(24)35)19-5-9-23(39)10-6-19/h5-17,39H,18H2,1-4H3. The molecule has 0 bridgehead atoms. The average Bonchev–Trinajstić information content (AvgIpc) is 3.44. The van der Waals surface area contributed by atoms with Crippen molar-refractivity contribution in [3.63, 3.8) is 0 Å². The van der Waals surface area contributed by atoms with Gasteiger partial charge in [0, 0.05) is 36.2 Å². The molecule has 7 nitrogen and oxygen atoms in total. The summed E-state index contributed by atoms with van der Waals surface area (Å²) in [5, 5.41) is 9.94. The van der Waals surface area contributed by atoms with Gasteiger partial charge in [0.2, 0.25) is 0 Å². The molecule has 0 unspecified atom stereocenters. The molecule has 1 aromatic heterocycles. The molecular formula is C32H28F3N3O4S. The molecule has 0 spiro atoms. The Bertz CT molecular complexity index is 1740. The van der Waals surface area contributed by atoms with E-state index in [1.807, 2.05) is 18.0 Å². The van der Waals surface area contributed by atoms with Crippen LogP contribution in [-0.4, -0.2) is 43.0 Å². The fourth-order valence-electron chi connectivity index (χ4n) is 4.56. The number of rotatable bonds is 10. The number of phenolic OH excluding ortho intramolecular Hbond substituents is 1. The lowest BCUT2D eigenvalue weighted by molar-refractivity contribution is 0.355. The van der Waals surface area contributed by atoms with E-state index < -0.39 is 17.5 Å². The second kappa shape index (κ2) is 12.6. The summed E-state index contributed by atoms with van der Waals surface area (Å²) in [5.41, 5.74) is 2.07. The van der Waals surface area contributed by atoms with Crippen molar-refractivity contribution in [2.75, 3.05) is 33.3 Å². The van der Waals surface area contributed by atoms with Crippen molar-refractivity contribution in [1.29, 1.82) is 0 Å². The number of hydrogen-bond donors (Lipinski definition) is 1. The van der Waals surface area contributed by atoms with Crippen LogP contribution in [0, 0.1) is 17.5 Å². The number of halogens is 3. The van der Waals surface area contributed by atoms with Gasteiger partial charge in [-0.3, -0.25) is 4.57 Å². The van der Waals surface area contributed by atoms with Crippen LogP contribution in [0.1, 0.15) is 5.56 Å². The molecule has 0 saturated heterocycles. The number of aromatic hydroxyl groups is 1. The molecule has 0 amide bonds.